The van der Waals surface area contributed by atoms with Gasteiger partial charge in [-0.25, -0.2) is 4.39 Å². The van der Waals surface area contributed by atoms with E-state index in [9.17, 15) is 29.3 Å². The van der Waals surface area contributed by atoms with Crippen molar-refractivity contribution < 1.29 is 18.8 Å². The zero-order chi connectivity index (χ0) is 33.4. The van der Waals surface area contributed by atoms with Crippen molar-refractivity contribution in [1.29, 1.82) is 10.5 Å². The molecule has 1 N–H and O–H groups in total. The van der Waals surface area contributed by atoms with Gasteiger partial charge in [0.05, 0.1) is 17.2 Å². The summed E-state index contributed by atoms with van der Waals surface area (Å²) in [6, 6.07) is 9.76. The third-order valence-corrected chi connectivity index (χ3v) is 13.4. The van der Waals surface area contributed by atoms with Gasteiger partial charge in [-0.15, -0.1) is 0 Å². The molecule has 0 bridgehead atoms. The van der Waals surface area contributed by atoms with Crippen LogP contribution in [0.3, 0.4) is 0 Å². The summed E-state index contributed by atoms with van der Waals surface area (Å²) in [5, 5.41) is 23.1. The molecule has 1 aromatic carbocycles. The van der Waals surface area contributed by atoms with Crippen LogP contribution in [0.1, 0.15) is 92.1 Å². The summed E-state index contributed by atoms with van der Waals surface area (Å²) in [5.41, 5.74) is -0.0246. The molecular formula is C39H44FN3O3. The maximum atomic E-state index is 14.6. The van der Waals surface area contributed by atoms with Crippen molar-refractivity contribution in [3.63, 3.8) is 0 Å². The van der Waals surface area contributed by atoms with Gasteiger partial charge in [-0.3, -0.25) is 14.4 Å². The number of Topliss-reactive ketones (excluding diaryl/α,β-unsaturated/α-hetero) is 1. The van der Waals surface area contributed by atoms with Gasteiger partial charge in [-0.1, -0.05) is 65.3 Å². The molecule has 0 aromatic heterocycles. The molecule has 240 valence electrons. The van der Waals surface area contributed by atoms with Crippen LogP contribution in [-0.2, 0) is 14.4 Å². The van der Waals surface area contributed by atoms with E-state index in [4.69, 9.17) is 0 Å². The fourth-order valence-corrected chi connectivity index (χ4v) is 10.7. The Hall–Kier alpha value is -3.84. The van der Waals surface area contributed by atoms with Crippen molar-refractivity contribution in [3.8, 4) is 12.1 Å². The number of fused-ring (bicyclic) bond motifs is 7. The van der Waals surface area contributed by atoms with Crippen LogP contribution in [-0.4, -0.2) is 23.0 Å². The number of benzene rings is 1. The van der Waals surface area contributed by atoms with E-state index in [-0.39, 0.29) is 68.5 Å². The summed E-state index contributed by atoms with van der Waals surface area (Å²) >= 11 is 0. The first-order valence-electron chi connectivity index (χ1n) is 16.7. The van der Waals surface area contributed by atoms with Gasteiger partial charge in [0, 0.05) is 28.9 Å². The Kier molecular flexibility index (Phi) is 7.40. The lowest BCUT2D eigenvalue weighted by Gasteiger charge is -2.68. The zero-order valence-corrected chi connectivity index (χ0v) is 27.8. The van der Waals surface area contributed by atoms with Crippen LogP contribution in [0.25, 0.3) is 5.57 Å². The van der Waals surface area contributed by atoms with Crippen molar-refractivity contribution in [2.24, 2.45) is 45.3 Å². The minimum absolute atomic E-state index is 0.0165. The molecule has 0 aliphatic heterocycles. The summed E-state index contributed by atoms with van der Waals surface area (Å²) < 4.78 is 13.5. The van der Waals surface area contributed by atoms with Gasteiger partial charge >= 0.3 is 0 Å². The number of carbonyl (C=O) groups is 3. The number of amides is 1. The summed E-state index contributed by atoms with van der Waals surface area (Å²) in [7, 11) is 0. The summed E-state index contributed by atoms with van der Waals surface area (Å²) in [4.78, 5) is 41.4. The molecule has 1 aromatic rings. The highest BCUT2D eigenvalue weighted by Gasteiger charge is 2.69. The quantitative estimate of drug-likeness (QED) is 0.279. The largest absolute Gasteiger partial charge is 0.347 e. The van der Waals surface area contributed by atoms with E-state index in [2.05, 4.69) is 52.1 Å². The molecule has 5 aliphatic carbocycles. The van der Waals surface area contributed by atoms with Gasteiger partial charge in [0.1, 0.15) is 11.9 Å². The number of hydrogen-bond acceptors (Lipinski definition) is 5. The molecule has 1 amide bonds. The summed E-state index contributed by atoms with van der Waals surface area (Å²) in [6.07, 6.45) is 10.6. The van der Waals surface area contributed by atoms with Crippen LogP contribution < -0.4 is 5.32 Å². The molecular weight excluding hydrogens is 577 g/mol. The number of rotatable bonds is 3. The Morgan fingerprint density at radius 1 is 0.978 bits per heavy atom. The number of allylic oxidation sites excluding steroid dienone is 5. The van der Waals surface area contributed by atoms with Crippen LogP contribution in [0.15, 0.2) is 53.6 Å². The molecule has 3 fully saturated rings. The Labute approximate surface area is 271 Å². The molecule has 5 aliphatic rings. The fraction of sp³-hybridized carbons (Fsp3) is 0.564. The molecule has 6 nitrogen and oxygen atoms in total. The molecule has 0 saturated heterocycles. The van der Waals surface area contributed by atoms with Crippen LogP contribution in [0.2, 0.25) is 0 Å². The van der Waals surface area contributed by atoms with Crippen LogP contribution in [0.5, 0.6) is 0 Å². The van der Waals surface area contributed by atoms with E-state index >= 15 is 0 Å². The lowest BCUT2D eigenvalue weighted by Crippen LogP contribution is -2.69. The van der Waals surface area contributed by atoms with E-state index in [1.165, 1.54) is 30.3 Å². The lowest BCUT2D eigenvalue weighted by atomic mass is 9.36. The highest BCUT2D eigenvalue weighted by atomic mass is 19.1. The first kappa shape index (κ1) is 32.1. The average molecular weight is 622 g/mol. The molecule has 46 heavy (non-hydrogen) atoms. The minimum atomic E-state index is -0.602. The van der Waals surface area contributed by atoms with E-state index in [1.807, 2.05) is 19.1 Å². The number of nitrogens with one attached hydrogen (secondary N) is 1. The number of carbonyl (C=O) groups excluding carboxylic acids is 3. The monoisotopic (exact) mass is 621 g/mol. The molecule has 7 heteroatoms. The first-order valence-corrected chi connectivity index (χ1v) is 16.7. The number of nitrogens with zero attached hydrogens (tertiary/aromatic N) is 2. The van der Waals surface area contributed by atoms with Gasteiger partial charge in [0.15, 0.2) is 11.6 Å². The SMILES string of the molecule is CC1C(=O)C(C#N)=CC2(C)C3=CC(=O)C4C5CC(C)(C)CCC5(NC(=O)/C=C(\C#N)c5ccc(F)cc5)CC[C@@]4(C)C3(C)CCC12. The number of nitriles is 2. The predicted octanol–water partition coefficient (Wildman–Crippen LogP) is 7.43. The maximum Gasteiger partial charge on any atom is 0.245 e. The highest BCUT2D eigenvalue weighted by Crippen LogP contribution is 2.72. The second-order valence-electron chi connectivity index (χ2n) is 16.2. The van der Waals surface area contributed by atoms with E-state index < -0.39 is 16.8 Å². The summed E-state index contributed by atoms with van der Waals surface area (Å²) in [6.45, 7) is 13.1. The van der Waals surface area contributed by atoms with Crippen molar-refractivity contribution in [2.45, 2.75) is 92.0 Å². The Balaban J connectivity index is 1.41. The van der Waals surface area contributed by atoms with Crippen molar-refractivity contribution in [2.75, 3.05) is 0 Å². The first-order chi connectivity index (χ1) is 21.5. The summed E-state index contributed by atoms with van der Waals surface area (Å²) in [5.74, 6) is -1.48. The zero-order valence-electron chi connectivity index (χ0n) is 27.8. The van der Waals surface area contributed by atoms with Crippen LogP contribution >= 0.6 is 0 Å². The van der Waals surface area contributed by atoms with E-state index in [1.54, 1.807) is 0 Å². The predicted molar refractivity (Wildman–Crippen MR) is 173 cm³/mol. The Morgan fingerprint density at radius 3 is 2.30 bits per heavy atom. The van der Waals surface area contributed by atoms with Crippen molar-refractivity contribution >= 4 is 23.0 Å². The topological polar surface area (TPSA) is 111 Å². The Morgan fingerprint density at radius 2 is 1.65 bits per heavy atom. The van der Waals surface area contributed by atoms with Crippen molar-refractivity contribution in [1.82, 2.24) is 5.32 Å². The third-order valence-electron chi connectivity index (χ3n) is 13.4. The molecule has 8 atom stereocenters. The smallest absolute Gasteiger partial charge is 0.245 e. The molecule has 3 saturated carbocycles. The normalized spacial score (nSPS) is 39.6. The fourth-order valence-electron chi connectivity index (χ4n) is 10.7. The Bertz CT molecular complexity index is 1710. The second-order valence-corrected chi connectivity index (χ2v) is 16.2. The second kappa shape index (κ2) is 10.6. The molecule has 0 radical (unpaired) electrons. The molecule has 7 unspecified atom stereocenters. The van der Waals surface area contributed by atoms with Gasteiger partial charge in [0.25, 0.3) is 0 Å². The molecule has 6 rings (SSSR count). The number of halogens is 1. The van der Waals surface area contributed by atoms with E-state index in [0.717, 1.165) is 44.1 Å². The minimum Gasteiger partial charge on any atom is -0.347 e. The van der Waals surface area contributed by atoms with Crippen LogP contribution in [0.4, 0.5) is 4.39 Å². The van der Waals surface area contributed by atoms with Gasteiger partial charge < -0.3 is 5.32 Å². The average Bonchev–Trinajstić information content (AvgIpc) is 3.00. The molecule has 0 heterocycles. The van der Waals surface area contributed by atoms with Crippen LogP contribution in [0, 0.1) is 73.8 Å². The maximum absolute atomic E-state index is 14.6. The number of ketones is 2. The third kappa shape index (κ3) is 4.56. The van der Waals surface area contributed by atoms with Crippen molar-refractivity contribution in [3.05, 3.63) is 65.0 Å². The lowest BCUT2D eigenvalue weighted by molar-refractivity contribution is -0.161. The van der Waals surface area contributed by atoms with Gasteiger partial charge in [0.2, 0.25) is 5.91 Å². The number of hydrogen-bond donors (Lipinski definition) is 1. The molecule has 0 spiro atoms. The highest BCUT2D eigenvalue weighted by molar-refractivity contribution is 6.03. The van der Waals surface area contributed by atoms with Gasteiger partial charge in [-0.2, -0.15) is 10.5 Å². The standard InChI is InChI=1S/C39H44FN3O3/c1-23-28-11-12-37(5)31(36(28,4)19-26(22-42)34(23)46)18-30(44)33-29-20-35(2,3)13-15-39(29,16-14-38(33,37)6)43-32(45)17-25(21-41)24-7-9-27(40)10-8-24/h7-10,17-19,23,28-29,33H,11-16,20H2,1-6H3,(H,43,45)/b25-17+/t23?,28?,29?,33?,36?,37?,38-,39?/m1/s1. The van der Waals surface area contributed by atoms with Gasteiger partial charge in [-0.05, 0) is 96.8 Å². The van der Waals surface area contributed by atoms with E-state index in [0.29, 0.717) is 12.0 Å².